The Bertz CT molecular complexity index is 396. The van der Waals surface area contributed by atoms with Gasteiger partial charge in [-0.2, -0.15) is 0 Å². The van der Waals surface area contributed by atoms with Crippen molar-refractivity contribution in [1.29, 1.82) is 0 Å². The summed E-state index contributed by atoms with van der Waals surface area (Å²) in [7, 11) is 2.08. The first-order valence-electron chi connectivity index (χ1n) is 7.14. The summed E-state index contributed by atoms with van der Waals surface area (Å²) in [6.45, 7) is 8.95. The van der Waals surface area contributed by atoms with Gasteiger partial charge in [0.1, 0.15) is 0 Å². The molecule has 1 unspecified atom stereocenters. The van der Waals surface area contributed by atoms with E-state index in [0.717, 1.165) is 19.1 Å². The molecule has 0 radical (unpaired) electrons. The third-order valence-corrected chi connectivity index (χ3v) is 4.05. The van der Waals surface area contributed by atoms with Crippen molar-refractivity contribution in [1.82, 2.24) is 10.2 Å². The van der Waals surface area contributed by atoms with E-state index in [9.17, 15) is 0 Å². The van der Waals surface area contributed by atoms with E-state index in [-0.39, 0.29) is 0 Å². The van der Waals surface area contributed by atoms with E-state index < -0.39 is 0 Å². The fourth-order valence-corrected chi connectivity index (χ4v) is 2.69. The van der Waals surface area contributed by atoms with E-state index in [1.165, 1.54) is 29.5 Å². The molecule has 1 aliphatic carbocycles. The van der Waals surface area contributed by atoms with Gasteiger partial charge in [-0.1, -0.05) is 30.7 Å². The van der Waals surface area contributed by atoms with Crippen molar-refractivity contribution in [3.8, 4) is 0 Å². The molecular weight excluding hydrogens is 220 g/mol. The van der Waals surface area contributed by atoms with Crippen LogP contribution in [0.1, 0.15) is 42.5 Å². The molecule has 1 fully saturated rings. The lowest BCUT2D eigenvalue weighted by atomic mass is 9.98. The minimum absolute atomic E-state index is 0.449. The summed E-state index contributed by atoms with van der Waals surface area (Å²) in [5, 5.41) is 3.49. The summed E-state index contributed by atoms with van der Waals surface area (Å²) < 4.78 is 0. The fraction of sp³-hybridized carbons (Fsp3) is 0.625. The number of aryl methyl sites for hydroxylation is 2. The zero-order chi connectivity index (χ0) is 13.1. The number of rotatable bonds is 6. The van der Waals surface area contributed by atoms with E-state index in [0.29, 0.717) is 6.04 Å². The number of nitrogens with zero attached hydrogens (tertiary/aromatic N) is 1. The molecule has 18 heavy (non-hydrogen) atoms. The molecule has 0 bridgehead atoms. The quantitative estimate of drug-likeness (QED) is 0.830. The topological polar surface area (TPSA) is 15.3 Å². The van der Waals surface area contributed by atoms with Crippen molar-refractivity contribution in [3.63, 3.8) is 0 Å². The van der Waals surface area contributed by atoms with Gasteiger partial charge in [0.05, 0.1) is 0 Å². The van der Waals surface area contributed by atoms with Gasteiger partial charge in [0.15, 0.2) is 0 Å². The second-order valence-corrected chi connectivity index (χ2v) is 5.52. The van der Waals surface area contributed by atoms with Gasteiger partial charge >= 0.3 is 0 Å². The molecule has 2 nitrogen and oxygen atoms in total. The Hall–Kier alpha value is -0.860. The minimum Gasteiger partial charge on any atom is -0.312 e. The van der Waals surface area contributed by atoms with Crippen LogP contribution in [-0.2, 0) is 0 Å². The van der Waals surface area contributed by atoms with Crippen LogP contribution in [0.2, 0.25) is 0 Å². The average molecular weight is 246 g/mol. The summed E-state index contributed by atoms with van der Waals surface area (Å²) in [5.41, 5.74) is 4.20. The lowest BCUT2D eigenvalue weighted by Gasteiger charge is -2.27. The predicted molar refractivity (Wildman–Crippen MR) is 78.0 cm³/mol. The van der Waals surface area contributed by atoms with Crippen LogP contribution in [0.4, 0.5) is 0 Å². The van der Waals surface area contributed by atoms with E-state index in [1.54, 1.807) is 0 Å². The summed E-state index contributed by atoms with van der Waals surface area (Å²) >= 11 is 0. The Kier molecular flexibility index (Phi) is 4.41. The van der Waals surface area contributed by atoms with Crippen LogP contribution < -0.4 is 5.32 Å². The first-order chi connectivity index (χ1) is 8.65. The molecule has 2 heteroatoms. The lowest BCUT2D eigenvalue weighted by molar-refractivity contribution is 0.248. The summed E-state index contributed by atoms with van der Waals surface area (Å²) in [4.78, 5) is 2.61. The second-order valence-electron chi connectivity index (χ2n) is 5.52. The maximum Gasteiger partial charge on any atom is 0.0449 e. The zero-order valence-corrected chi connectivity index (χ0v) is 12.2. The molecule has 0 aromatic heterocycles. The van der Waals surface area contributed by atoms with Gasteiger partial charge < -0.3 is 5.32 Å². The number of benzene rings is 1. The molecule has 1 aromatic carbocycles. The van der Waals surface area contributed by atoms with Gasteiger partial charge in [-0.05, 0) is 51.4 Å². The van der Waals surface area contributed by atoms with Crippen molar-refractivity contribution in [2.45, 2.75) is 45.7 Å². The Labute approximate surface area is 111 Å². The van der Waals surface area contributed by atoms with Gasteiger partial charge in [0, 0.05) is 18.6 Å². The van der Waals surface area contributed by atoms with Gasteiger partial charge in [0.2, 0.25) is 0 Å². The minimum atomic E-state index is 0.449. The van der Waals surface area contributed by atoms with E-state index >= 15 is 0 Å². The van der Waals surface area contributed by atoms with Crippen LogP contribution in [0.25, 0.3) is 0 Å². The third kappa shape index (κ3) is 3.12. The van der Waals surface area contributed by atoms with Crippen LogP contribution in [-0.4, -0.2) is 31.1 Å². The largest absolute Gasteiger partial charge is 0.312 e. The normalized spacial score (nSPS) is 17.2. The van der Waals surface area contributed by atoms with Gasteiger partial charge in [-0.15, -0.1) is 0 Å². The highest BCUT2D eigenvalue weighted by molar-refractivity contribution is 5.33. The number of likely N-dealkylation sites (N-methyl/N-ethyl adjacent to an activating group) is 2. The first kappa shape index (κ1) is 13.6. The Morgan fingerprint density at radius 2 is 2.06 bits per heavy atom. The number of hydrogen-bond acceptors (Lipinski definition) is 2. The summed E-state index contributed by atoms with van der Waals surface area (Å²) in [6, 6.07) is 8.06. The lowest BCUT2D eigenvalue weighted by Crippen LogP contribution is -2.35. The first-order valence-corrected chi connectivity index (χ1v) is 7.14. The molecule has 1 aliphatic rings. The predicted octanol–water partition coefficient (Wildman–Crippen LogP) is 3.05. The maximum absolute atomic E-state index is 3.49. The van der Waals surface area contributed by atoms with Crippen molar-refractivity contribution in [3.05, 3.63) is 34.9 Å². The molecule has 100 valence electrons. The van der Waals surface area contributed by atoms with Gasteiger partial charge in [-0.3, -0.25) is 4.90 Å². The molecule has 0 spiro atoms. The van der Waals surface area contributed by atoms with Crippen molar-refractivity contribution >= 4 is 0 Å². The highest BCUT2D eigenvalue weighted by atomic mass is 15.2. The fourth-order valence-electron chi connectivity index (χ4n) is 2.69. The molecule has 2 rings (SSSR count). The van der Waals surface area contributed by atoms with Gasteiger partial charge in [-0.25, -0.2) is 0 Å². The highest BCUT2D eigenvalue weighted by Gasteiger charge is 2.29. The Morgan fingerprint density at radius 3 is 2.61 bits per heavy atom. The third-order valence-electron chi connectivity index (χ3n) is 4.05. The molecule has 1 N–H and O–H groups in total. The molecule has 1 saturated carbocycles. The molecule has 1 aromatic rings. The summed E-state index contributed by atoms with van der Waals surface area (Å²) in [5.74, 6) is 0. The molecule has 0 aliphatic heterocycles. The van der Waals surface area contributed by atoms with Crippen LogP contribution >= 0.6 is 0 Å². The second kappa shape index (κ2) is 5.85. The van der Waals surface area contributed by atoms with Crippen LogP contribution in [0.5, 0.6) is 0 Å². The monoisotopic (exact) mass is 246 g/mol. The molecule has 0 saturated heterocycles. The van der Waals surface area contributed by atoms with Gasteiger partial charge in [0.25, 0.3) is 0 Å². The maximum atomic E-state index is 3.49. The number of hydrogen-bond donors (Lipinski definition) is 1. The van der Waals surface area contributed by atoms with E-state index in [2.05, 4.69) is 56.2 Å². The molecular formula is C16H26N2. The zero-order valence-electron chi connectivity index (χ0n) is 12.2. The van der Waals surface area contributed by atoms with Crippen molar-refractivity contribution in [2.75, 3.05) is 20.1 Å². The molecule has 0 heterocycles. The highest BCUT2D eigenvalue weighted by Crippen LogP contribution is 2.29. The average Bonchev–Trinajstić information content (AvgIpc) is 3.19. The molecule has 1 atom stereocenters. The van der Waals surface area contributed by atoms with E-state index in [4.69, 9.17) is 0 Å². The SMILES string of the molecule is CCN(CC(NC)c1cc(C)ccc1C)C1CC1. The smallest absolute Gasteiger partial charge is 0.0449 e. The van der Waals surface area contributed by atoms with Crippen LogP contribution in [0.3, 0.4) is 0 Å². The van der Waals surface area contributed by atoms with Crippen LogP contribution in [0, 0.1) is 13.8 Å². The van der Waals surface area contributed by atoms with Crippen molar-refractivity contribution < 1.29 is 0 Å². The summed E-state index contributed by atoms with van der Waals surface area (Å²) in [6.07, 6.45) is 2.77. The Balaban J connectivity index is 2.13. The van der Waals surface area contributed by atoms with E-state index in [1.807, 2.05) is 0 Å². The van der Waals surface area contributed by atoms with Crippen LogP contribution in [0.15, 0.2) is 18.2 Å². The van der Waals surface area contributed by atoms with Crippen molar-refractivity contribution in [2.24, 2.45) is 0 Å². The number of nitrogens with one attached hydrogen (secondary N) is 1. The molecule has 0 amide bonds. The Morgan fingerprint density at radius 1 is 1.33 bits per heavy atom. The standard InChI is InChI=1S/C16H26N2/c1-5-18(14-8-9-14)11-16(17-4)15-10-12(2)6-7-13(15)3/h6-7,10,14,16-17H,5,8-9,11H2,1-4H3.